The number of rotatable bonds is 10. The maximum absolute atomic E-state index is 12.9. The molecule has 3 aromatic rings. The molecule has 154 valence electrons. The van der Waals surface area contributed by atoms with Crippen LogP contribution in [0.25, 0.3) is 0 Å². The molecule has 29 heavy (non-hydrogen) atoms. The zero-order valence-corrected chi connectivity index (χ0v) is 17.7. The summed E-state index contributed by atoms with van der Waals surface area (Å²) in [5.41, 5.74) is 1.37. The van der Waals surface area contributed by atoms with Gasteiger partial charge in [0, 0.05) is 24.6 Å². The number of pyridine rings is 1. The van der Waals surface area contributed by atoms with E-state index in [1.54, 1.807) is 24.6 Å². The fourth-order valence-electron chi connectivity index (χ4n) is 3.15. The van der Waals surface area contributed by atoms with Gasteiger partial charge in [0.2, 0.25) is 0 Å². The molecule has 0 radical (unpaired) electrons. The summed E-state index contributed by atoms with van der Waals surface area (Å²) in [7, 11) is 0. The first-order chi connectivity index (χ1) is 14.1. The third-order valence-corrected chi connectivity index (χ3v) is 5.67. The molecular formula is C21H26N4O3S. The minimum atomic E-state index is -0.152. The van der Waals surface area contributed by atoms with Crippen molar-refractivity contribution in [2.24, 2.45) is 0 Å². The average Bonchev–Trinajstić information content (AvgIpc) is 3.41. The summed E-state index contributed by atoms with van der Waals surface area (Å²) in [5.74, 6) is 2.04. The summed E-state index contributed by atoms with van der Waals surface area (Å²) in [6, 6.07) is 9.24. The van der Waals surface area contributed by atoms with Gasteiger partial charge in [-0.25, -0.2) is 4.98 Å². The predicted octanol–water partition coefficient (Wildman–Crippen LogP) is 4.08. The Hall–Kier alpha value is -2.58. The van der Waals surface area contributed by atoms with Crippen LogP contribution in [0.5, 0.6) is 0 Å². The summed E-state index contributed by atoms with van der Waals surface area (Å²) in [4.78, 5) is 19.5. The summed E-state index contributed by atoms with van der Waals surface area (Å²) in [6.45, 7) is 8.23. The highest BCUT2D eigenvalue weighted by Crippen LogP contribution is 2.25. The molecular weight excluding hydrogens is 388 g/mol. The first-order valence-electron chi connectivity index (χ1n) is 9.68. The summed E-state index contributed by atoms with van der Waals surface area (Å²) < 4.78 is 10.7. The molecule has 3 heterocycles. The van der Waals surface area contributed by atoms with E-state index >= 15 is 0 Å². The van der Waals surface area contributed by atoms with Crippen molar-refractivity contribution in [2.75, 3.05) is 19.6 Å². The second kappa shape index (κ2) is 10.3. The molecule has 0 aliphatic rings. The standard InChI is InChI=1S/C21H26N4O3S/c1-4-25(5-2)18(19-9-7-11-27-19)13-23-20(26)17-8-6-10-22-21(17)29-14-16-12-15(3)28-24-16/h6-12,18H,4-5,13-14H2,1-3H3,(H,23,26). The largest absolute Gasteiger partial charge is 0.468 e. The van der Waals surface area contributed by atoms with Crippen molar-refractivity contribution < 1.29 is 13.7 Å². The van der Waals surface area contributed by atoms with Gasteiger partial charge >= 0.3 is 0 Å². The van der Waals surface area contributed by atoms with Crippen LogP contribution < -0.4 is 5.32 Å². The van der Waals surface area contributed by atoms with Gasteiger partial charge in [0.1, 0.15) is 16.5 Å². The quantitative estimate of drug-likeness (QED) is 0.501. The van der Waals surface area contributed by atoms with E-state index < -0.39 is 0 Å². The smallest absolute Gasteiger partial charge is 0.254 e. The lowest BCUT2D eigenvalue weighted by Gasteiger charge is -2.28. The molecule has 1 unspecified atom stereocenters. The highest BCUT2D eigenvalue weighted by Gasteiger charge is 2.22. The molecule has 0 bridgehead atoms. The monoisotopic (exact) mass is 414 g/mol. The molecule has 0 aromatic carbocycles. The van der Waals surface area contributed by atoms with E-state index in [4.69, 9.17) is 8.94 Å². The zero-order valence-electron chi connectivity index (χ0n) is 16.9. The van der Waals surface area contributed by atoms with Crippen molar-refractivity contribution in [3.8, 4) is 0 Å². The first-order valence-corrected chi connectivity index (χ1v) is 10.7. The van der Waals surface area contributed by atoms with E-state index in [-0.39, 0.29) is 11.9 Å². The van der Waals surface area contributed by atoms with E-state index in [0.29, 0.717) is 22.9 Å². The lowest BCUT2D eigenvalue weighted by molar-refractivity contribution is 0.0926. The fraction of sp³-hybridized carbons (Fsp3) is 0.381. The molecule has 7 nitrogen and oxygen atoms in total. The number of hydrogen-bond acceptors (Lipinski definition) is 7. The number of carbonyl (C=O) groups is 1. The number of nitrogens with one attached hydrogen (secondary N) is 1. The van der Waals surface area contributed by atoms with Gasteiger partial charge in [0.05, 0.1) is 23.6 Å². The number of carbonyl (C=O) groups excluding carboxylic acids is 1. The minimum absolute atomic E-state index is 0.0187. The lowest BCUT2D eigenvalue weighted by atomic mass is 10.1. The van der Waals surface area contributed by atoms with E-state index in [1.807, 2.05) is 25.1 Å². The van der Waals surface area contributed by atoms with Crippen LogP contribution >= 0.6 is 11.8 Å². The summed E-state index contributed by atoms with van der Waals surface area (Å²) in [5, 5.41) is 7.71. The second-order valence-electron chi connectivity index (χ2n) is 6.54. The minimum Gasteiger partial charge on any atom is -0.468 e. The van der Waals surface area contributed by atoms with Crippen LogP contribution in [0.3, 0.4) is 0 Å². The Morgan fingerprint density at radius 2 is 2.10 bits per heavy atom. The van der Waals surface area contributed by atoms with E-state index in [2.05, 4.69) is 34.2 Å². The number of nitrogens with zero attached hydrogens (tertiary/aromatic N) is 3. The van der Waals surface area contributed by atoms with Crippen molar-refractivity contribution >= 4 is 17.7 Å². The van der Waals surface area contributed by atoms with Crippen LogP contribution in [0.2, 0.25) is 0 Å². The molecule has 1 N–H and O–H groups in total. The van der Waals surface area contributed by atoms with Gasteiger partial charge in [-0.05, 0) is 44.3 Å². The van der Waals surface area contributed by atoms with Crippen molar-refractivity contribution in [1.82, 2.24) is 20.4 Å². The fourth-order valence-corrected chi connectivity index (χ4v) is 4.02. The topological polar surface area (TPSA) is 84.4 Å². The highest BCUT2D eigenvalue weighted by atomic mass is 32.2. The van der Waals surface area contributed by atoms with Gasteiger partial charge in [-0.15, -0.1) is 0 Å². The molecule has 0 spiro atoms. The number of aromatic nitrogens is 2. The third-order valence-electron chi connectivity index (χ3n) is 4.63. The number of likely N-dealkylation sites (N-methyl/N-ethyl adjacent to an activating group) is 1. The molecule has 8 heteroatoms. The molecule has 1 atom stereocenters. The van der Waals surface area contributed by atoms with Gasteiger partial charge in [-0.1, -0.05) is 30.8 Å². The van der Waals surface area contributed by atoms with Crippen molar-refractivity contribution in [3.63, 3.8) is 0 Å². The van der Waals surface area contributed by atoms with Gasteiger partial charge in [0.25, 0.3) is 5.91 Å². The van der Waals surface area contributed by atoms with Crippen LogP contribution in [0.4, 0.5) is 0 Å². The van der Waals surface area contributed by atoms with Gasteiger partial charge in [0.15, 0.2) is 0 Å². The molecule has 0 fully saturated rings. The van der Waals surface area contributed by atoms with E-state index in [0.717, 1.165) is 30.3 Å². The predicted molar refractivity (Wildman–Crippen MR) is 112 cm³/mol. The summed E-state index contributed by atoms with van der Waals surface area (Å²) >= 11 is 1.47. The number of thioether (sulfide) groups is 1. The van der Waals surface area contributed by atoms with E-state index in [9.17, 15) is 4.79 Å². The Morgan fingerprint density at radius 3 is 2.76 bits per heavy atom. The Balaban J connectivity index is 1.68. The van der Waals surface area contributed by atoms with Crippen molar-refractivity contribution in [2.45, 2.75) is 37.6 Å². The van der Waals surface area contributed by atoms with Crippen LogP contribution in [-0.4, -0.2) is 40.6 Å². The SMILES string of the molecule is CCN(CC)C(CNC(=O)c1cccnc1SCc1cc(C)on1)c1ccco1. The second-order valence-corrected chi connectivity index (χ2v) is 7.50. The Kier molecular flexibility index (Phi) is 7.48. The first kappa shape index (κ1) is 21.1. The van der Waals surface area contributed by atoms with Gasteiger partial charge < -0.3 is 14.3 Å². The Bertz CT molecular complexity index is 906. The lowest BCUT2D eigenvalue weighted by Crippen LogP contribution is -2.38. The van der Waals surface area contributed by atoms with Crippen molar-refractivity contribution in [1.29, 1.82) is 0 Å². The number of amides is 1. The molecule has 0 aliphatic heterocycles. The number of hydrogen-bond donors (Lipinski definition) is 1. The molecule has 1 amide bonds. The maximum Gasteiger partial charge on any atom is 0.254 e. The van der Waals surface area contributed by atoms with Gasteiger partial charge in [-0.2, -0.15) is 0 Å². The van der Waals surface area contributed by atoms with Crippen LogP contribution in [0.1, 0.15) is 47.5 Å². The molecule has 0 saturated carbocycles. The van der Waals surface area contributed by atoms with Crippen LogP contribution in [0, 0.1) is 6.92 Å². The normalized spacial score (nSPS) is 12.3. The Labute approximate surface area is 174 Å². The molecule has 0 saturated heterocycles. The van der Waals surface area contributed by atoms with E-state index in [1.165, 1.54) is 11.8 Å². The average molecular weight is 415 g/mol. The van der Waals surface area contributed by atoms with Gasteiger partial charge in [-0.3, -0.25) is 9.69 Å². The van der Waals surface area contributed by atoms with Crippen LogP contribution in [0.15, 0.2) is 56.8 Å². The van der Waals surface area contributed by atoms with Crippen LogP contribution in [-0.2, 0) is 5.75 Å². The molecule has 0 aliphatic carbocycles. The number of furan rings is 1. The molecule has 3 rings (SSSR count). The van der Waals surface area contributed by atoms with Crippen molar-refractivity contribution in [3.05, 3.63) is 65.6 Å². The third kappa shape index (κ3) is 5.48. The molecule has 3 aromatic heterocycles. The Morgan fingerprint density at radius 1 is 1.28 bits per heavy atom. The maximum atomic E-state index is 12.9. The summed E-state index contributed by atoms with van der Waals surface area (Å²) in [6.07, 6.45) is 3.35. The number of aryl methyl sites for hydroxylation is 1. The zero-order chi connectivity index (χ0) is 20.6. The highest BCUT2D eigenvalue weighted by molar-refractivity contribution is 7.98.